The van der Waals surface area contributed by atoms with Gasteiger partial charge in [0.1, 0.15) is 5.82 Å². The van der Waals surface area contributed by atoms with Crippen LogP contribution >= 0.6 is 0 Å². The van der Waals surface area contributed by atoms with Gasteiger partial charge in [-0.25, -0.2) is 9.67 Å². The van der Waals surface area contributed by atoms with Crippen molar-refractivity contribution in [3.05, 3.63) is 48.0 Å². The zero-order valence-electron chi connectivity index (χ0n) is 17.2. The van der Waals surface area contributed by atoms with Crippen molar-refractivity contribution in [1.29, 1.82) is 0 Å². The van der Waals surface area contributed by atoms with E-state index in [2.05, 4.69) is 53.3 Å². The molecule has 0 radical (unpaired) electrons. The Morgan fingerprint density at radius 1 is 1.18 bits per heavy atom. The summed E-state index contributed by atoms with van der Waals surface area (Å²) in [4.78, 5) is 6.96. The van der Waals surface area contributed by atoms with Crippen LogP contribution in [-0.4, -0.2) is 49.3 Å². The number of nitrogens with zero attached hydrogens (tertiary/aromatic N) is 6. The molecular formula is C21H30N6O. The maximum atomic E-state index is 10.1. The molecule has 7 nitrogen and oxygen atoms in total. The molecule has 150 valence electrons. The fourth-order valence-corrected chi connectivity index (χ4v) is 3.01. The van der Waals surface area contributed by atoms with Crippen molar-refractivity contribution in [2.75, 3.05) is 18.5 Å². The topological polar surface area (TPSA) is 72.0 Å². The molecule has 1 atom stereocenters. The number of hydrogen-bond donors (Lipinski definition) is 1. The molecule has 0 aliphatic rings. The maximum Gasteiger partial charge on any atom is 0.181 e. The van der Waals surface area contributed by atoms with Crippen LogP contribution in [0, 0.1) is 6.92 Å². The monoisotopic (exact) mass is 382 g/mol. The molecule has 1 aromatic carbocycles. The van der Waals surface area contributed by atoms with Crippen molar-refractivity contribution < 1.29 is 5.11 Å². The summed E-state index contributed by atoms with van der Waals surface area (Å²) in [6, 6.07) is 8.29. The zero-order chi connectivity index (χ0) is 20.1. The predicted molar refractivity (Wildman–Crippen MR) is 111 cm³/mol. The first-order chi connectivity index (χ1) is 13.5. The number of aryl methyl sites for hydroxylation is 3. The molecule has 0 fully saturated rings. The third kappa shape index (κ3) is 4.78. The quantitative estimate of drug-likeness (QED) is 0.616. The minimum absolute atomic E-state index is 0.430. The van der Waals surface area contributed by atoms with Gasteiger partial charge in [0, 0.05) is 44.0 Å². The molecule has 3 rings (SSSR count). The van der Waals surface area contributed by atoms with Gasteiger partial charge in [-0.2, -0.15) is 10.2 Å². The van der Waals surface area contributed by atoms with E-state index in [4.69, 9.17) is 4.98 Å². The predicted octanol–water partition coefficient (Wildman–Crippen LogP) is 2.92. The van der Waals surface area contributed by atoms with Gasteiger partial charge in [-0.3, -0.25) is 4.68 Å². The van der Waals surface area contributed by atoms with Crippen molar-refractivity contribution in [3.8, 4) is 11.4 Å². The molecule has 0 amide bonds. The second-order valence-corrected chi connectivity index (χ2v) is 7.19. The summed E-state index contributed by atoms with van der Waals surface area (Å²) >= 11 is 0. The van der Waals surface area contributed by atoms with Gasteiger partial charge in [-0.1, -0.05) is 6.92 Å². The second-order valence-electron chi connectivity index (χ2n) is 7.19. The standard InChI is InChI=1S/C21H30N6O/c1-5-19(28)15-27-20(11-12-26-14-16(3)13-22-26)23-21(24-27)17-7-9-18(10-8-17)25(4)6-2/h7-10,13-14,19,28H,5-6,11-12,15H2,1-4H3. The Kier molecular flexibility index (Phi) is 6.46. The van der Waals surface area contributed by atoms with Gasteiger partial charge < -0.3 is 10.0 Å². The van der Waals surface area contributed by atoms with Gasteiger partial charge in [0.15, 0.2) is 5.82 Å². The fraction of sp³-hybridized carbons (Fsp3) is 0.476. The molecule has 7 heteroatoms. The minimum Gasteiger partial charge on any atom is -0.391 e. The van der Waals surface area contributed by atoms with Gasteiger partial charge in [-0.15, -0.1) is 0 Å². The molecule has 3 aromatic rings. The summed E-state index contributed by atoms with van der Waals surface area (Å²) in [6.45, 7) is 8.27. The Labute approximate surface area is 166 Å². The first-order valence-corrected chi connectivity index (χ1v) is 9.92. The van der Waals surface area contributed by atoms with Gasteiger partial charge >= 0.3 is 0 Å². The fourth-order valence-electron chi connectivity index (χ4n) is 3.01. The summed E-state index contributed by atoms with van der Waals surface area (Å²) in [5, 5.41) is 19.1. The lowest BCUT2D eigenvalue weighted by atomic mass is 10.2. The van der Waals surface area contributed by atoms with Gasteiger partial charge in [0.2, 0.25) is 0 Å². The highest BCUT2D eigenvalue weighted by molar-refractivity contribution is 5.60. The van der Waals surface area contributed by atoms with E-state index in [-0.39, 0.29) is 0 Å². The van der Waals surface area contributed by atoms with E-state index in [1.54, 1.807) is 0 Å². The van der Waals surface area contributed by atoms with Crippen LogP contribution in [0.5, 0.6) is 0 Å². The summed E-state index contributed by atoms with van der Waals surface area (Å²) < 4.78 is 3.76. The SMILES string of the molecule is CCC(O)Cn1nc(-c2ccc(N(C)CC)cc2)nc1CCn1cc(C)cn1. The molecule has 0 saturated carbocycles. The summed E-state index contributed by atoms with van der Waals surface area (Å²) in [6.07, 6.45) is 4.84. The molecule has 1 N–H and O–H groups in total. The van der Waals surface area contributed by atoms with Crippen LogP contribution in [0.2, 0.25) is 0 Å². The Morgan fingerprint density at radius 2 is 1.93 bits per heavy atom. The molecule has 2 aromatic heterocycles. The minimum atomic E-state index is -0.430. The van der Waals surface area contributed by atoms with E-state index in [1.807, 2.05) is 35.6 Å². The number of hydrogen-bond acceptors (Lipinski definition) is 5. The number of aliphatic hydroxyl groups is 1. The van der Waals surface area contributed by atoms with E-state index in [1.165, 1.54) is 5.69 Å². The van der Waals surface area contributed by atoms with Gasteiger partial charge in [0.05, 0.1) is 18.8 Å². The molecule has 0 spiro atoms. The van der Waals surface area contributed by atoms with Crippen LogP contribution in [0.25, 0.3) is 11.4 Å². The molecule has 0 saturated heterocycles. The smallest absolute Gasteiger partial charge is 0.181 e. The van der Waals surface area contributed by atoms with Crippen molar-refractivity contribution in [2.45, 2.75) is 52.8 Å². The molecular weight excluding hydrogens is 352 g/mol. The summed E-state index contributed by atoms with van der Waals surface area (Å²) in [5.41, 5.74) is 3.29. The van der Waals surface area contributed by atoms with Gasteiger partial charge in [-0.05, 0) is 50.1 Å². The van der Waals surface area contributed by atoms with E-state index < -0.39 is 6.10 Å². The third-order valence-corrected chi connectivity index (χ3v) is 4.97. The van der Waals surface area contributed by atoms with Crippen molar-refractivity contribution in [2.24, 2.45) is 0 Å². The van der Waals surface area contributed by atoms with Crippen LogP contribution in [0.15, 0.2) is 36.7 Å². The van der Waals surface area contributed by atoms with E-state index >= 15 is 0 Å². The Morgan fingerprint density at radius 3 is 2.54 bits per heavy atom. The Balaban J connectivity index is 1.82. The van der Waals surface area contributed by atoms with Crippen LogP contribution in [0.4, 0.5) is 5.69 Å². The average Bonchev–Trinajstić information content (AvgIpc) is 3.31. The average molecular weight is 383 g/mol. The molecule has 0 bridgehead atoms. The van der Waals surface area contributed by atoms with Crippen molar-refractivity contribution >= 4 is 5.69 Å². The molecule has 2 heterocycles. The van der Waals surface area contributed by atoms with E-state index in [0.29, 0.717) is 25.2 Å². The number of aliphatic hydroxyl groups excluding tert-OH is 1. The largest absolute Gasteiger partial charge is 0.391 e. The molecule has 28 heavy (non-hydrogen) atoms. The second kappa shape index (κ2) is 9.01. The maximum absolute atomic E-state index is 10.1. The van der Waals surface area contributed by atoms with Crippen LogP contribution < -0.4 is 4.90 Å². The highest BCUT2D eigenvalue weighted by atomic mass is 16.3. The molecule has 1 unspecified atom stereocenters. The Hall–Kier alpha value is -2.67. The number of rotatable bonds is 9. The first-order valence-electron chi connectivity index (χ1n) is 9.92. The normalized spacial score (nSPS) is 12.3. The third-order valence-electron chi connectivity index (χ3n) is 4.97. The summed E-state index contributed by atoms with van der Waals surface area (Å²) in [7, 11) is 2.07. The van der Waals surface area contributed by atoms with E-state index in [9.17, 15) is 5.11 Å². The Bertz CT molecular complexity index is 883. The lowest BCUT2D eigenvalue weighted by molar-refractivity contribution is 0.143. The number of anilines is 1. The molecule has 0 aliphatic heterocycles. The highest BCUT2D eigenvalue weighted by Gasteiger charge is 2.15. The molecule has 0 aliphatic carbocycles. The van der Waals surface area contributed by atoms with E-state index in [0.717, 1.165) is 30.0 Å². The van der Waals surface area contributed by atoms with Crippen LogP contribution in [0.1, 0.15) is 31.7 Å². The van der Waals surface area contributed by atoms with Gasteiger partial charge in [0.25, 0.3) is 0 Å². The zero-order valence-corrected chi connectivity index (χ0v) is 17.2. The van der Waals surface area contributed by atoms with Crippen LogP contribution in [-0.2, 0) is 19.5 Å². The van der Waals surface area contributed by atoms with Crippen LogP contribution in [0.3, 0.4) is 0 Å². The van der Waals surface area contributed by atoms with Crippen molar-refractivity contribution in [1.82, 2.24) is 24.5 Å². The summed E-state index contributed by atoms with van der Waals surface area (Å²) in [5.74, 6) is 1.56. The lowest BCUT2D eigenvalue weighted by Gasteiger charge is -2.16. The lowest BCUT2D eigenvalue weighted by Crippen LogP contribution is -2.19. The highest BCUT2D eigenvalue weighted by Crippen LogP contribution is 2.21. The number of aromatic nitrogens is 5. The first kappa shape index (κ1) is 20.1. The number of benzene rings is 1. The van der Waals surface area contributed by atoms with Crippen molar-refractivity contribution in [3.63, 3.8) is 0 Å².